The van der Waals surface area contributed by atoms with Crippen molar-refractivity contribution in [2.75, 3.05) is 79.4 Å². The molecule has 12 nitrogen and oxygen atoms in total. The SMILES string of the molecule is CC1CCN(C)C1.CCN1C(SC(C=O)c2cccc(C#CCOCCOCCC3CC3)c2)=Nc2cc3ccccc3cc2C1=C1CCC1.[B]CC1CCN(C(=O)C(Sc2nc3cc(/C=C\C)c(C)cc3c(=O)n2CC)c2cccc(C#CCOCCC)c2)C1. The van der Waals surface area contributed by atoms with E-state index in [9.17, 15) is 14.4 Å². The van der Waals surface area contributed by atoms with E-state index in [-0.39, 0.29) is 11.5 Å². The number of carbonyl (C=O) groups excluding carboxylic acids is 2. The van der Waals surface area contributed by atoms with E-state index < -0.39 is 10.5 Å². The number of nitrogens with zero attached hydrogens (tertiary/aromatic N) is 6. The van der Waals surface area contributed by atoms with Crippen molar-refractivity contribution in [3.05, 3.63) is 158 Å². The largest absolute Gasteiger partial charge is 0.379 e. The highest BCUT2D eigenvalue weighted by Gasteiger charge is 2.34. The van der Waals surface area contributed by atoms with Gasteiger partial charge < -0.3 is 33.7 Å². The van der Waals surface area contributed by atoms with E-state index in [1.54, 1.807) is 4.57 Å². The zero-order valence-corrected chi connectivity index (χ0v) is 55.6. The van der Waals surface area contributed by atoms with Gasteiger partial charge in [-0.15, -0.1) is 0 Å². The van der Waals surface area contributed by atoms with Gasteiger partial charge in [0.05, 0.1) is 48.6 Å². The Bertz CT molecular complexity index is 3730. The van der Waals surface area contributed by atoms with Crippen LogP contribution < -0.4 is 5.56 Å². The molecule has 2 radical (unpaired) electrons. The predicted octanol–water partition coefficient (Wildman–Crippen LogP) is 14.7. The Kier molecular flexibility index (Phi) is 25.7. The lowest BCUT2D eigenvalue weighted by atomic mass is 9.86. The van der Waals surface area contributed by atoms with E-state index >= 15 is 0 Å². The van der Waals surface area contributed by atoms with E-state index in [2.05, 4.69) is 97.7 Å². The number of aryl methyl sites for hydroxylation is 1. The molecule has 470 valence electrons. The zero-order valence-electron chi connectivity index (χ0n) is 53.9. The van der Waals surface area contributed by atoms with Gasteiger partial charge in [0.15, 0.2) is 10.3 Å². The fourth-order valence-electron chi connectivity index (χ4n) is 11.7. The van der Waals surface area contributed by atoms with Crippen molar-refractivity contribution >= 4 is 87.9 Å². The van der Waals surface area contributed by atoms with E-state index in [4.69, 9.17) is 32.0 Å². The molecule has 2 aliphatic carbocycles. The average Bonchev–Trinajstić information content (AvgIpc) is 0.918. The molecule has 90 heavy (non-hydrogen) atoms. The number of carbonyl (C=O) groups is 2. The molecule has 2 saturated carbocycles. The molecule has 0 bridgehead atoms. The number of rotatable bonds is 21. The van der Waals surface area contributed by atoms with Crippen LogP contribution in [0.25, 0.3) is 33.4 Å². The van der Waals surface area contributed by atoms with Crippen LogP contribution in [-0.4, -0.2) is 129 Å². The first-order valence-corrected chi connectivity index (χ1v) is 34.3. The minimum absolute atomic E-state index is 0.00199. The summed E-state index contributed by atoms with van der Waals surface area (Å²) >= 11 is 2.85. The number of likely N-dealkylation sites (tertiary alicyclic amines) is 2. The lowest BCUT2D eigenvalue weighted by Crippen LogP contribution is -2.33. The summed E-state index contributed by atoms with van der Waals surface area (Å²) in [4.78, 5) is 56.8. The maximum absolute atomic E-state index is 14.1. The van der Waals surface area contributed by atoms with Crippen LogP contribution in [0.4, 0.5) is 5.69 Å². The second-order valence-corrected chi connectivity index (χ2v) is 26.3. The number of hydrogen-bond acceptors (Lipinski definition) is 12. The van der Waals surface area contributed by atoms with Gasteiger partial charge >= 0.3 is 0 Å². The second kappa shape index (κ2) is 34.1. The third kappa shape index (κ3) is 18.3. The molecule has 4 fully saturated rings. The quantitative estimate of drug-likeness (QED) is 0.0171. The van der Waals surface area contributed by atoms with Gasteiger partial charge in [0.1, 0.15) is 24.7 Å². The summed E-state index contributed by atoms with van der Waals surface area (Å²) in [6.07, 6.45) is 16.2. The number of aromatic nitrogens is 2. The minimum Gasteiger partial charge on any atom is -0.379 e. The highest BCUT2D eigenvalue weighted by molar-refractivity contribution is 8.14. The van der Waals surface area contributed by atoms with Crippen molar-refractivity contribution in [2.45, 2.75) is 128 Å². The smallest absolute Gasteiger partial charge is 0.262 e. The number of aldehydes is 1. The molecule has 1 aromatic heterocycles. The summed E-state index contributed by atoms with van der Waals surface area (Å²) < 4.78 is 18.4. The molecule has 5 aromatic carbocycles. The fourth-order valence-corrected chi connectivity index (χ4v) is 14.0. The maximum atomic E-state index is 14.1. The first-order valence-electron chi connectivity index (χ1n) is 32.6. The number of benzene rings is 5. The van der Waals surface area contributed by atoms with E-state index in [0.717, 1.165) is 101 Å². The number of amides is 1. The van der Waals surface area contributed by atoms with Gasteiger partial charge in [-0.2, -0.15) is 0 Å². The number of fused-ring (bicyclic) bond motifs is 3. The zero-order chi connectivity index (χ0) is 63.4. The number of allylic oxidation sites excluding steroid dienone is 2. The average molecular weight is 1250 g/mol. The molecular weight excluding hydrogens is 1160 g/mol. The van der Waals surface area contributed by atoms with Crippen molar-refractivity contribution in [1.29, 1.82) is 0 Å². The van der Waals surface area contributed by atoms with E-state index in [1.165, 1.54) is 96.3 Å². The normalized spacial score (nSPS) is 17.7. The standard InChI is InChI=1S/C36H38N2O3S.C33H38BN3O3S.C6H13N/c1-2-38-35(28-12-6-13-28)32-23-29-10-3-4-11-30(29)24-33(32)37-36(38)42-34(25-39)31-14-5-8-27(22-31)9-7-18-40-20-21-41-19-17-26-15-16-26;1-5-10-26-20-29-28(18-23(26)4)31(38)37(7-3)33(35-29)41-30(32(39)36-15-14-25(21-34)22-36)27-13-8-11-24(19-27)12-9-17-40-16-6-2;1-6-3-4-7(2)5-6/h3-5,8,10-11,14,22-26,34H,2,6,12-13,15-21H2,1H3;5,8,10-11,13,18-20,25,30H,6-7,14-17,21-22H2,1-4H3;6H,3-5H2,1-2H3/b;10-5-;. The second-order valence-electron chi connectivity index (χ2n) is 24.1. The van der Waals surface area contributed by atoms with Crippen LogP contribution in [0.3, 0.4) is 0 Å². The molecule has 4 atom stereocenters. The Morgan fingerprint density at radius 1 is 0.789 bits per heavy atom. The first-order chi connectivity index (χ1) is 43.9. The Morgan fingerprint density at radius 3 is 2.11 bits per heavy atom. The summed E-state index contributed by atoms with van der Waals surface area (Å²) in [7, 11) is 8.12. The topological polar surface area (TPSA) is 119 Å². The minimum atomic E-state index is -0.591. The molecule has 1 amide bonds. The lowest BCUT2D eigenvalue weighted by Gasteiger charge is -2.36. The van der Waals surface area contributed by atoms with E-state index in [1.807, 2.05) is 98.5 Å². The Labute approximate surface area is 544 Å². The summed E-state index contributed by atoms with van der Waals surface area (Å²) in [5.41, 5.74) is 10.9. The van der Waals surface area contributed by atoms with Crippen molar-refractivity contribution in [1.82, 2.24) is 24.3 Å². The van der Waals surface area contributed by atoms with Crippen LogP contribution in [0.1, 0.15) is 142 Å². The van der Waals surface area contributed by atoms with Crippen molar-refractivity contribution in [3.63, 3.8) is 0 Å². The molecule has 11 rings (SSSR count). The molecule has 6 aromatic rings. The van der Waals surface area contributed by atoms with Crippen LogP contribution >= 0.6 is 23.5 Å². The lowest BCUT2D eigenvalue weighted by molar-refractivity contribution is -0.129. The monoisotopic (exact) mass is 1240 g/mol. The third-order valence-electron chi connectivity index (χ3n) is 17.1. The Morgan fingerprint density at radius 2 is 1.50 bits per heavy atom. The number of aliphatic imine (C=N–C) groups is 1. The summed E-state index contributed by atoms with van der Waals surface area (Å²) in [6, 6.07) is 32.5. The number of hydrogen-bond donors (Lipinski definition) is 0. The number of ether oxygens (including phenoxy) is 3. The van der Waals surface area contributed by atoms with Crippen molar-refractivity contribution in [2.24, 2.45) is 22.7 Å². The number of thioether (sulfide) groups is 2. The molecule has 0 N–H and O–H groups in total. The molecular formula is C75H89BN6O6S2. The third-order valence-corrected chi connectivity index (χ3v) is 19.5. The molecule has 15 heteroatoms. The van der Waals surface area contributed by atoms with Crippen molar-refractivity contribution in [3.8, 4) is 23.7 Å². The summed E-state index contributed by atoms with van der Waals surface area (Å²) in [5, 5.41) is 3.40. The van der Waals surface area contributed by atoms with Gasteiger partial charge in [0, 0.05) is 62.6 Å². The van der Waals surface area contributed by atoms with E-state index in [0.29, 0.717) is 81.0 Å². The van der Waals surface area contributed by atoms with Crippen LogP contribution in [0, 0.1) is 48.4 Å². The van der Waals surface area contributed by atoms with Gasteiger partial charge in [-0.3, -0.25) is 14.2 Å². The van der Waals surface area contributed by atoms with Gasteiger partial charge in [-0.05, 0) is 191 Å². The fraction of sp³-hybridized carbons (Fsp3) is 0.453. The van der Waals surface area contributed by atoms with Gasteiger partial charge in [-0.25, -0.2) is 9.98 Å². The predicted molar refractivity (Wildman–Crippen MR) is 374 cm³/mol. The molecule has 4 unspecified atom stereocenters. The van der Waals surface area contributed by atoms with Gasteiger partial charge in [-0.1, -0.05) is 141 Å². The van der Waals surface area contributed by atoms with Crippen LogP contribution in [0.15, 0.2) is 124 Å². The summed E-state index contributed by atoms with van der Waals surface area (Å²) in [6.45, 7) is 21.0. The maximum Gasteiger partial charge on any atom is 0.262 e. The molecule has 5 aliphatic rings. The summed E-state index contributed by atoms with van der Waals surface area (Å²) in [5.74, 6) is 14.7. The van der Waals surface area contributed by atoms with Crippen LogP contribution in [0.2, 0.25) is 6.32 Å². The van der Waals surface area contributed by atoms with Crippen LogP contribution in [-0.2, 0) is 30.3 Å². The molecule has 2 saturated heterocycles. The van der Waals surface area contributed by atoms with Crippen LogP contribution in [0.5, 0.6) is 0 Å². The molecule has 3 aliphatic heterocycles. The number of amidine groups is 1. The molecule has 4 heterocycles. The Balaban J connectivity index is 0.000000192. The van der Waals surface area contributed by atoms with Gasteiger partial charge in [0.2, 0.25) is 5.91 Å². The van der Waals surface area contributed by atoms with Crippen molar-refractivity contribution < 1.29 is 23.8 Å². The highest BCUT2D eigenvalue weighted by Crippen LogP contribution is 2.46. The first kappa shape index (κ1) is 67.7. The Hall–Kier alpha value is -6.69. The van der Waals surface area contributed by atoms with Gasteiger partial charge in [0.25, 0.3) is 5.56 Å². The molecule has 0 spiro atoms. The highest BCUT2D eigenvalue weighted by atomic mass is 32.2.